The molecule has 0 bridgehead atoms. The van der Waals surface area contributed by atoms with Gasteiger partial charge in [0.2, 0.25) is 0 Å². The largest absolute Gasteiger partial charge is 0.491 e. The van der Waals surface area contributed by atoms with Crippen LogP contribution in [0.25, 0.3) is 0 Å². The molecule has 0 amide bonds. The van der Waals surface area contributed by atoms with E-state index in [1.807, 2.05) is 24.3 Å². The third-order valence-corrected chi connectivity index (χ3v) is 4.95. The van der Waals surface area contributed by atoms with E-state index in [1.54, 1.807) is 19.1 Å². The molecule has 0 spiro atoms. The monoisotopic (exact) mass is 399 g/mol. The number of β-amino-alcohol motifs (C(OH)–C–C–N with tert-alkyl or cyclic N) is 1. The number of carbonyl (C=O) groups is 1. The molecule has 3 rings (SSSR count). The van der Waals surface area contributed by atoms with Crippen LogP contribution >= 0.6 is 0 Å². The van der Waals surface area contributed by atoms with Gasteiger partial charge >= 0.3 is 0 Å². The Labute approximate surface area is 169 Å². The molecule has 2 aromatic carbocycles. The standard InChI is InChI=1S/C21H25N3O5/c1-16(25)17-5-7-18(8-6-17)23-11-9-22(10-12-23)14-20(26)15-29-21-4-2-3-19(13-21)24(27)28/h2-8,13,20,26H,9-12,14-15H2,1H3. The van der Waals surface area contributed by atoms with E-state index in [4.69, 9.17) is 4.74 Å². The first-order valence-corrected chi connectivity index (χ1v) is 9.56. The summed E-state index contributed by atoms with van der Waals surface area (Å²) in [6.07, 6.45) is -0.685. The highest BCUT2D eigenvalue weighted by Crippen LogP contribution is 2.20. The minimum atomic E-state index is -0.685. The molecule has 1 heterocycles. The van der Waals surface area contributed by atoms with Gasteiger partial charge in [0.15, 0.2) is 5.78 Å². The third kappa shape index (κ3) is 5.75. The minimum absolute atomic E-state index is 0.0375. The molecular weight excluding hydrogens is 374 g/mol. The molecule has 154 valence electrons. The number of non-ortho nitro benzene ring substituents is 1. The van der Waals surface area contributed by atoms with E-state index >= 15 is 0 Å². The fourth-order valence-corrected chi connectivity index (χ4v) is 3.33. The molecule has 29 heavy (non-hydrogen) atoms. The molecule has 0 radical (unpaired) electrons. The fraction of sp³-hybridized carbons (Fsp3) is 0.381. The summed E-state index contributed by atoms with van der Waals surface area (Å²) in [4.78, 5) is 26.1. The molecule has 0 aromatic heterocycles. The third-order valence-electron chi connectivity index (χ3n) is 4.95. The molecule has 1 atom stereocenters. The lowest BCUT2D eigenvalue weighted by atomic mass is 10.1. The summed E-state index contributed by atoms with van der Waals surface area (Å²) in [7, 11) is 0. The number of ketones is 1. The Morgan fingerprint density at radius 1 is 1.17 bits per heavy atom. The smallest absolute Gasteiger partial charge is 0.273 e. The number of aliphatic hydroxyl groups is 1. The van der Waals surface area contributed by atoms with Crippen LogP contribution in [0.3, 0.4) is 0 Å². The highest BCUT2D eigenvalue weighted by atomic mass is 16.6. The molecule has 1 fully saturated rings. The number of rotatable bonds is 8. The number of carbonyl (C=O) groups excluding carboxylic acids is 1. The summed E-state index contributed by atoms with van der Waals surface area (Å²) in [6.45, 7) is 5.39. The van der Waals surface area contributed by atoms with Gasteiger partial charge in [-0.25, -0.2) is 0 Å². The Bertz CT molecular complexity index is 848. The molecule has 0 aliphatic carbocycles. The second kappa shape index (κ2) is 9.49. The summed E-state index contributed by atoms with van der Waals surface area (Å²) < 4.78 is 5.50. The van der Waals surface area contributed by atoms with Crippen LogP contribution < -0.4 is 9.64 Å². The van der Waals surface area contributed by atoms with Crippen LogP contribution in [0.2, 0.25) is 0 Å². The van der Waals surface area contributed by atoms with Crippen molar-refractivity contribution in [1.29, 1.82) is 0 Å². The lowest BCUT2D eigenvalue weighted by molar-refractivity contribution is -0.384. The number of anilines is 1. The van der Waals surface area contributed by atoms with Gasteiger partial charge in [-0.2, -0.15) is 0 Å². The van der Waals surface area contributed by atoms with Gasteiger partial charge < -0.3 is 14.7 Å². The molecule has 1 aliphatic rings. The summed E-state index contributed by atoms with van der Waals surface area (Å²) in [5.74, 6) is 0.430. The van der Waals surface area contributed by atoms with Crippen molar-refractivity contribution in [2.24, 2.45) is 0 Å². The number of hydrogen-bond donors (Lipinski definition) is 1. The molecule has 0 saturated carbocycles. The number of nitro benzene ring substituents is 1. The summed E-state index contributed by atoms with van der Waals surface area (Å²) in [5.41, 5.74) is 1.76. The lowest BCUT2D eigenvalue weighted by Crippen LogP contribution is -2.49. The van der Waals surface area contributed by atoms with Gasteiger partial charge in [0.1, 0.15) is 18.5 Å². The summed E-state index contributed by atoms with van der Waals surface area (Å²) in [5, 5.41) is 21.1. The van der Waals surface area contributed by atoms with E-state index in [-0.39, 0.29) is 18.1 Å². The first-order valence-electron chi connectivity index (χ1n) is 9.56. The van der Waals surface area contributed by atoms with E-state index in [9.17, 15) is 20.0 Å². The van der Waals surface area contributed by atoms with Gasteiger partial charge in [0.25, 0.3) is 5.69 Å². The summed E-state index contributed by atoms with van der Waals surface area (Å²) in [6, 6.07) is 13.6. The van der Waals surface area contributed by atoms with Crippen molar-refractivity contribution in [1.82, 2.24) is 4.90 Å². The number of nitro groups is 1. The predicted molar refractivity (Wildman–Crippen MR) is 110 cm³/mol. The van der Waals surface area contributed by atoms with Gasteiger partial charge in [-0.1, -0.05) is 6.07 Å². The van der Waals surface area contributed by atoms with Crippen LogP contribution in [0.5, 0.6) is 5.75 Å². The molecule has 8 heteroatoms. The first-order chi connectivity index (χ1) is 13.9. The Hall–Kier alpha value is -2.97. The quantitative estimate of drug-likeness (QED) is 0.413. The number of ether oxygens (including phenoxy) is 1. The molecule has 1 aliphatic heterocycles. The van der Waals surface area contributed by atoms with Crippen molar-refractivity contribution >= 4 is 17.2 Å². The van der Waals surface area contributed by atoms with Gasteiger partial charge in [-0.15, -0.1) is 0 Å². The topological polar surface area (TPSA) is 96.2 Å². The zero-order valence-electron chi connectivity index (χ0n) is 16.4. The van der Waals surface area contributed by atoms with Crippen molar-refractivity contribution in [3.63, 3.8) is 0 Å². The van der Waals surface area contributed by atoms with E-state index in [2.05, 4.69) is 9.80 Å². The van der Waals surface area contributed by atoms with Gasteiger partial charge in [-0.05, 0) is 37.3 Å². The Kier molecular flexibility index (Phi) is 6.79. The zero-order valence-corrected chi connectivity index (χ0v) is 16.4. The van der Waals surface area contributed by atoms with E-state index in [0.29, 0.717) is 17.9 Å². The predicted octanol–water partition coefficient (Wildman–Crippen LogP) is 2.36. The normalized spacial score (nSPS) is 15.7. The SMILES string of the molecule is CC(=O)c1ccc(N2CCN(CC(O)COc3cccc([N+](=O)[O-])c3)CC2)cc1. The number of Topliss-reactive ketones (excluding diaryl/α,β-unsaturated/α-hetero) is 1. The van der Waals surface area contributed by atoms with E-state index < -0.39 is 11.0 Å². The fourth-order valence-electron chi connectivity index (χ4n) is 3.33. The molecule has 1 N–H and O–H groups in total. The second-order valence-electron chi connectivity index (χ2n) is 7.11. The van der Waals surface area contributed by atoms with Crippen molar-refractivity contribution < 1.29 is 19.6 Å². The first kappa shape index (κ1) is 20.8. The number of benzene rings is 2. The Morgan fingerprint density at radius 3 is 2.48 bits per heavy atom. The number of aliphatic hydroxyl groups excluding tert-OH is 1. The number of nitrogens with zero attached hydrogens (tertiary/aromatic N) is 3. The van der Waals surface area contributed by atoms with Gasteiger partial charge in [0.05, 0.1) is 11.0 Å². The maximum absolute atomic E-state index is 11.4. The molecule has 2 aromatic rings. The maximum atomic E-state index is 11.4. The zero-order chi connectivity index (χ0) is 20.8. The van der Waals surface area contributed by atoms with Crippen LogP contribution in [-0.4, -0.2) is 66.1 Å². The average Bonchev–Trinajstić information content (AvgIpc) is 2.73. The molecule has 8 nitrogen and oxygen atoms in total. The summed E-state index contributed by atoms with van der Waals surface area (Å²) >= 11 is 0. The van der Waals surface area contributed by atoms with Crippen LogP contribution in [0.15, 0.2) is 48.5 Å². The van der Waals surface area contributed by atoms with Gasteiger partial charge in [0, 0.05) is 50.0 Å². The highest BCUT2D eigenvalue weighted by Gasteiger charge is 2.20. The number of piperazine rings is 1. The van der Waals surface area contributed by atoms with Crippen LogP contribution in [0, 0.1) is 10.1 Å². The van der Waals surface area contributed by atoms with Crippen LogP contribution in [0.1, 0.15) is 17.3 Å². The van der Waals surface area contributed by atoms with Crippen molar-refractivity contribution in [3.05, 3.63) is 64.2 Å². The van der Waals surface area contributed by atoms with Gasteiger partial charge in [-0.3, -0.25) is 19.8 Å². The maximum Gasteiger partial charge on any atom is 0.273 e. The molecule has 1 saturated heterocycles. The van der Waals surface area contributed by atoms with Crippen molar-refractivity contribution in [2.45, 2.75) is 13.0 Å². The van der Waals surface area contributed by atoms with Crippen molar-refractivity contribution in [3.8, 4) is 5.75 Å². The Balaban J connectivity index is 1.43. The second-order valence-corrected chi connectivity index (χ2v) is 7.11. The van der Waals surface area contributed by atoms with Crippen molar-refractivity contribution in [2.75, 3.05) is 44.2 Å². The molecule has 1 unspecified atom stereocenters. The molecular formula is C21H25N3O5. The van der Waals surface area contributed by atoms with E-state index in [1.165, 1.54) is 12.1 Å². The average molecular weight is 399 g/mol. The highest BCUT2D eigenvalue weighted by molar-refractivity contribution is 5.94. The lowest BCUT2D eigenvalue weighted by Gasteiger charge is -2.36. The van der Waals surface area contributed by atoms with Crippen LogP contribution in [0.4, 0.5) is 11.4 Å². The Morgan fingerprint density at radius 2 is 1.86 bits per heavy atom. The number of hydrogen-bond acceptors (Lipinski definition) is 7. The van der Waals surface area contributed by atoms with E-state index in [0.717, 1.165) is 31.9 Å². The van der Waals surface area contributed by atoms with Crippen LogP contribution in [-0.2, 0) is 0 Å². The minimum Gasteiger partial charge on any atom is -0.491 e.